The fourth-order valence-corrected chi connectivity index (χ4v) is 5.82. The van der Waals surface area contributed by atoms with E-state index in [1.54, 1.807) is 20.4 Å². The molecule has 2 aliphatic carbocycles. The molecule has 12 heteroatoms. The largest absolute Gasteiger partial charge is 0.495 e. The maximum atomic E-state index is 12.2. The molecule has 2 bridgehead atoms. The van der Waals surface area contributed by atoms with Crippen LogP contribution in [0.2, 0.25) is 5.02 Å². The molecule has 2 aromatic rings. The van der Waals surface area contributed by atoms with E-state index in [9.17, 15) is 9.59 Å². The van der Waals surface area contributed by atoms with Crippen molar-refractivity contribution >= 4 is 41.2 Å². The highest BCUT2D eigenvalue weighted by molar-refractivity contribution is 6.32. The summed E-state index contributed by atoms with van der Waals surface area (Å²) in [6, 6.07) is 3.82. The van der Waals surface area contributed by atoms with E-state index in [4.69, 9.17) is 31.8 Å². The van der Waals surface area contributed by atoms with Gasteiger partial charge in [-0.1, -0.05) is 23.8 Å². The molecule has 4 unspecified atom stereocenters. The second-order valence-electron chi connectivity index (χ2n) is 9.78. The first-order chi connectivity index (χ1) is 18.3. The van der Waals surface area contributed by atoms with Crippen molar-refractivity contribution in [1.29, 1.82) is 0 Å². The zero-order valence-corrected chi connectivity index (χ0v) is 22.4. The summed E-state index contributed by atoms with van der Waals surface area (Å²) in [5, 5.41) is 6.44. The predicted molar refractivity (Wildman–Crippen MR) is 144 cm³/mol. The van der Waals surface area contributed by atoms with Gasteiger partial charge in [0, 0.05) is 39.0 Å². The number of halogens is 1. The third kappa shape index (κ3) is 4.90. The first-order valence-electron chi connectivity index (χ1n) is 12.6. The summed E-state index contributed by atoms with van der Waals surface area (Å²) in [6.45, 7) is 1.26. The van der Waals surface area contributed by atoms with Gasteiger partial charge >= 0.3 is 12.1 Å². The summed E-state index contributed by atoms with van der Waals surface area (Å²) in [6.07, 6.45) is 6.87. The van der Waals surface area contributed by atoms with Crippen LogP contribution in [-0.2, 0) is 17.6 Å². The predicted octanol–water partition coefficient (Wildman–Crippen LogP) is 3.10. The Morgan fingerprint density at radius 3 is 2.58 bits per heavy atom. The normalized spacial score (nSPS) is 23.4. The van der Waals surface area contributed by atoms with Crippen LogP contribution < -0.4 is 26.0 Å². The standard InChI is InChI=1S/C26H32ClN7O4/c1-29-26(36)34-8-6-14-11-19(20(37-3)12-15(14)7-9-34)33(2)25-30-13-18(27)23(32-25)31-21-16-4-5-17(10-16)22(21)38-24(28)35/h4-5,11-13,16-17,21-22H,6-10H2,1-3H3,(H2,28,35)(H,29,36)(H,30,31,32). The summed E-state index contributed by atoms with van der Waals surface area (Å²) in [5.41, 5.74) is 8.42. The number of primary amides is 1. The Labute approximate surface area is 226 Å². The van der Waals surface area contributed by atoms with Gasteiger partial charge in [0.2, 0.25) is 5.95 Å². The number of fused-ring (bicyclic) bond motifs is 3. The first kappa shape index (κ1) is 25.9. The number of urea groups is 1. The molecule has 4 N–H and O–H groups in total. The number of amides is 3. The van der Waals surface area contributed by atoms with E-state index in [2.05, 4.69) is 33.8 Å². The first-order valence-corrected chi connectivity index (χ1v) is 13.0. The van der Waals surface area contributed by atoms with Crippen LogP contribution in [-0.4, -0.2) is 73.4 Å². The van der Waals surface area contributed by atoms with Crippen LogP contribution >= 0.6 is 11.6 Å². The molecular formula is C26H32ClN7O4. The number of nitrogens with one attached hydrogen (secondary N) is 2. The number of aromatic nitrogens is 2. The third-order valence-electron chi connectivity index (χ3n) is 7.64. The van der Waals surface area contributed by atoms with Gasteiger partial charge in [-0.25, -0.2) is 14.6 Å². The molecule has 5 rings (SSSR count). The van der Waals surface area contributed by atoms with E-state index >= 15 is 0 Å². The molecule has 0 radical (unpaired) electrons. The van der Waals surface area contributed by atoms with E-state index in [0.29, 0.717) is 35.6 Å². The number of rotatable bonds is 6. The summed E-state index contributed by atoms with van der Waals surface area (Å²) >= 11 is 6.49. The molecule has 1 fully saturated rings. The average Bonchev–Trinajstić information content (AvgIpc) is 3.44. The summed E-state index contributed by atoms with van der Waals surface area (Å²) in [5.74, 6) is 1.83. The van der Waals surface area contributed by atoms with Crippen molar-refractivity contribution in [1.82, 2.24) is 20.2 Å². The Hall–Kier alpha value is -3.73. The number of nitrogens with two attached hydrogens (primary N) is 1. The second-order valence-corrected chi connectivity index (χ2v) is 10.2. The number of nitrogens with zero attached hydrogens (tertiary/aromatic N) is 4. The highest BCUT2D eigenvalue weighted by Crippen LogP contribution is 2.43. The van der Waals surface area contributed by atoms with Crippen LogP contribution in [0.25, 0.3) is 0 Å². The number of carbonyl (C=O) groups excluding carboxylic acids is 2. The third-order valence-corrected chi connectivity index (χ3v) is 7.92. The molecule has 1 saturated carbocycles. The van der Waals surface area contributed by atoms with Gasteiger partial charge in [-0.2, -0.15) is 4.98 Å². The molecule has 2 heterocycles. The van der Waals surface area contributed by atoms with Crippen molar-refractivity contribution in [2.45, 2.75) is 31.4 Å². The van der Waals surface area contributed by atoms with E-state index in [-0.39, 0.29) is 23.9 Å². The maximum Gasteiger partial charge on any atom is 0.404 e. The molecule has 4 atom stereocenters. The Bertz CT molecular complexity index is 1270. The van der Waals surface area contributed by atoms with Gasteiger partial charge in [0.15, 0.2) is 5.82 Å². The Kier molecular flexibility index (Phi) is 7.20. The molecule has 1 aliphatic heterocycles. The summed E-state index contributed by atoms with van der Waals surface area (Å²) in [4.78, 5) is 36.5. The second kappa shape index (κ2) is 10.6. The maximum absolute atomic E-state index is 12.2. The van der Waals surface area contributed by atoms with Crippen LogP contribution in [0, 0.1) is 11.8 Å². The van der Waals surface area contributed by atoms with Gasteiger partial charge in [-0.15, -0.1) is 0 Å². The summed E-state index contributed by atoms with van der Waals surface area (Å²) in [7, 11) is 5.14. The Morgan fingerprint density at radius 1 is 1.18 bits per heavy atom. The molecular weight excluding hydrogens is 510 g/mol. The fourth-order valence-electron chi connectivity index (χ4n) is 5.68. The highest BCUT2D eigenvalue weighted by atomic mass is 35.5. The lowest BCUT2D eigenvalue weighted by molar-refractivity contribution is 0.0853. The molecule has 202 valence electrons. The lowest BCUT2D eigenvalue weighted by atomic mass is 9.98. The Morgan fingerprint density at radius 2 is 1.89 bits per heavy atom. The molecule has 11 nitrogen and oxygen atoms in total. The van der Waals surface area contributed by atoms with Crippen molar-refractivity contribution in [3.05, 3.63) is 46.6 Å². The topological polar surface area (TPSA) is 135 Å². The minimum absolute atomic E-state index is 0.0776. The zero-order valence-electron chi connectivity index (χ0n) is 21.6. The van der Waals surface area contributed by atoms with Crippen LogP contribution in [0.15, 0.2) is 30.5 Å². The van der Waals surface area contributed by atoms with Crippen molar-refractivity contribution < 1.29 is 19.1 Å². The van der Waals surface area contributed by atoms with Crippen molar-refractivity contribution in [3.8, 4) is 5.75 Å². The van der Waals surface area contributed by atoms with Gasteiger partial charge in [-0.05, 0) is 42.5 Å². The quantitative estimate of drug-likeness (QED) is 0.475. The minimum atomic E-state index is -0.800. The molecule has 3 aliphatic rings. The number of anilines is 3. The van der Waals surface area contributed by atoms with Crippen LogP contribution in [0.5, 0.6) is 5.75 Å². The lowest BCUT2D eigenvalue weighted by Crippen LogP contribution is -2.41. The monoisotopic (exact) mass is 541 g/mol. The van der Waals surface area contributed by atoms with E-state index in [1.807, 2.05) is 22.9 Å². The number of carbonyl (C=O) groups is 2. The molecule has 38 heavy (non-hydrogen) atoms. The van der Waals surface area contributed by atoms with Gasteiger partial charge in [0.1, 0.15) is 16.9 Å². The van der Waals surface area contributed by atoms with E-state index < -0.39 is 12.2 Å². The Balaban J connectivity index is 1.40. The van der Waals surface area contributed by atoms with Crippen molar-refractivity contribution in [2.75, 3.05) is 44.5 Å². The average molecular weight is 542 g/mol. The molecule has 1 aromatic heterocycles. The molecule has 0 spiro atoms. The van der Waals surface area contributed by atoms with Crippen LogP contribution in [0.1, 0.15) is 17.5 Å². The minimum Gasteiger partial charge on any atom is -0.495 e. The van der Waals surface area contributed by atoms with Crippen molar-refractivity contribution in [2.24, 2.45) is 17.6 Å². The van der Waals surface area contributed by atoms with Gasteiger partial charge in [-0.3, -0.25) is 0 Å². The van der Waals surface area contributed by atoms with E-state index in [1.165, 1.54) is 0 Å². The molecule has 0 saturated heterocycles. The number of hydrogen-bond acceptors (Lipinski definition) is 8. The zero-order chi connectivity index (χ0) is 27.0. The van der Waals surface area contributed by atoms with Gasteiger partial charge in [0.05, 0.1) is 25.0 Å². The number of ether oxygens (including phenoxy) is 2. The number of hydrogen-bond donors (Lipinski definition) is 3. The summed E-state index contributed by atoms with van der Waals surface area (Å²) < 4.78 is 11.2. The van der Waals surface area contributed by atoms with E-state index in [0.717, 1.165) is 36.1 Å². The van der Waals surface area contributed by atoms with Gasteiger partial charge in [0.25, 0.3) is 0 Å². The molecule has 3 amide bonds. The fraction of sp³-hybridized carbons (Fsp3) is 0.462. The van der Waals surface area contributed by atoms with Gasteiger partial charge < -0.3 is 35.6 Å². The number of methoxy groups -OCH3 is 1. The highest BCUT2D eigenvalue weighted by Gasteiger charge is 2.47. The van der Waals surface area contributed by atoms with Crippen LogP contribution in [0.4, 0.5) is 27.0 Å². The lowest BCUT2D eigenvalue weighted by Gasteiger charge is -2.29. The SMILES string of the molecule is CNC(=O)N1CCc2cc(OC)c(N(C)c3ncc(Cl)c(NC4C5C=CC(C5)C4OC(N)=O)n3)cc2CC1. The molecule has 1 aromatic carbocycles. The van der Waals surface area contributed by atoms with Crippen LogP contribution in [0.3, 0.4) is 0 Å². The van der Waals surface area contributed by atoms with Crippen molar-refractivity contribution in [3.63, 3.8) is 0 Å². The number of benzene rings is 1. The smallest absolute Gasteiger partial charge is 0.404 e.